The lowest BCUT2D eigenvalue weighted by atomic mass is 10.1. The average Bonchev–Trinajstić information content (AvgIpc) is 3.70. The van der Waals surface area contributed by atoms with Crippen molar-refractivity contribution in [1.29, 1.82) is 0 Å². The minimum absolute atomic E-state index is 0.00132. The Morgan fingerprint density at radius 1 is 1.00 bits per heavy atom. The van der Waals surface area contributed by atoms with Gasteiger partial charge in [-0.15, -0.1) is 9.05 Å². The van der Waals surface area contributed by atoms with E-state index >= 15 is 8.78 Å². The van der Waals surface area contributed by atoms with E-state index in [1.54, 1.807) is 30.3 Å². The van der Waals surface area contributed by atoms with Crippen molar-refractivity contribution in [3.05, 3.63) is 70.0 Å². The second-order valence-corrected chi connectivity index (χ2v) is 12.9. The number of hydrogen-bond donors (Lipinski definition) is 3. The van der Waals surface area contributed by atoms with Gasteiger partial charge < -0.3 is 20.1 Å². The average molecular weight is 698 g/mol. The van der Waals surface area contributed by atoms with Crippen molar-refractivity contribution >= 4 is 33.1 Å². The molecule has 3 saturated heterocycles. The number of imidazole rings is 1. The molecular formula is C25H24F2N7O11P2+. The maximum absolute atomic E-state index is 16.0. The Balaban J connectivity index is 1.18. The molecule has 47 heavy (non-hydrogen) atoms. The van der Waals surface area contributed by atoms with E-state index in [9.17, 15) is 23.6 Å². The van der Waals surface area contributed by atoms with Gasteiger partial charge >= 0.3 is 21.8 Å². The van der Waals surface area contributed by atoms with E-state index in [0.717, 1.165) is 17.1 Å². The Morgan fingerprint density at radius 3 is 2.55 bits per heavy atom. The second kappa shape index (κ2) is 12.3. The van der Waals surface area contributed by atoms with Crippen molar-refractivity contribution in [2.45, 2.75) is 49.2 Å². The standard InChI is InChI=1S/C25H23F2N7O11P2/c26-15-13-8-41-47(38,39)45-18-14(43-23(16(18)27)33-6-12(22(35)32-25(33)36)11-4-2-1-3-5-11)7-40-46(37)44-19(15)24(42-13)34-10-31-17-20(28)29-9-30-21(17)34/h1-6,9-10,13-16,18-19,23-24H,7-8H2,(H3-,28,29,30,32,35,36,38,39)/p+1/t13-,14-,15-,16-,18-,19-,23-,24-/m1/s1. The monoisotopic (exact) mass is 698 g/mol. The van der Waals surface area contributed by atoms with Crippen molar-refractivity contribution in [1.82, 2.24) is 29.1 Å². The number of ether oxygens (including phenoxy) is 2. The fourth-order valence-corrected chi connectivity index (χ4v) is 7.22. The number of nitrogens with zero attached hydrogens (tertiary/aromatic N) is 5. The zero-order valence-corrected chi connectivity index (χ0v) is 25.4. The highest BCUT2D eigenvalue weighted by Gasteiger charge is 2.56. The first-order chi connectivity index (χ1) is 22.5. The number of phosphoric acid groups is 1. The van der Waals surface area contributed by atoms with E-state index < -0.39 is 89.8 Å². The molecule has 2 bridgehead atoms. The van der Waals surface area contributed by atoms with Crippen molar-refractivity contribution in [3.63, 3.8) is 0 Å². The minimum Gasteiger partial charge on any atom is -0.382 e. The van der Waals surface area contributed by atoms with Crippen LogP contribution in [0.1, 0.15) is 12.5 Å². The summed E-state index contributed by atoms with van der Waals surface area (Å²) in [4.78, 5) is 50.0. The molecule has 3 fully saturated rings. The maximum Gasteiger partial charge on any atom is 0.698 e. The van der Waals surface area contributed by atoms with Gasteiger partial charge in [0.15, 0.2) is 42.4 Å². The van der Waals surface area contributed by atoms with Crippen LogP contribution in [0.15, 0.2) is 58.8 Å². The molecule has 3 aliphatic rings. The topological polar surface area (TPSA) is 234 Å². The number of hydrogen-bond acceptors (Lipinski definition) is 14. The lowest BCUT2D eigenvalue weighted by Crippen LogP contribution is -2.37. The van der Waals surface area contributed by atoms with Gasteiger partial charge in [0.2, 0.25) is 0 Å². The first-order valence-electron chi connectivity index (χ1n) is 13.9. The number of H-pyrrole nitrogens is 1. The zero-order chi connectivity index (χ0) is 33.0. The van der Waals surface area contributed by atoms with Crippen molar-refractivity contribution in [2.75, 3.05) is 18.9 Å². The Bertz CT molecular complexity index is 2000. The van der Waals surface area contributed by atoms with Crippen molar-refractivity contribution < 1.29 is 50.4 Å². The van der Waals surface area contributed by atoms with Crippen LogP contribution in [-0.4, -0.2) is 83.9 Å². The largest absolute Gasteiger partial charge is 0.698 e. The summed E-state index contributed by atoms with van der Waals surface area (Å²) < 4.78 is 91.8. The summed E-state index contributed by atoms with van der Waals surface area (Å²) in [6, 6.07) is 8.18. The molecule has 0 amide bonds. The summed E-state index contributed by atoms with van der Waals surface area (Å²) in [6.07, 6.45) is -11.0. The molecule has 10 atom stereocenters. The molecule has 18 nitrogen and oxygen atoms in total. The number of alkyl halides is 2. The highest BCUT2D eigenvalue weighted by molar-refractivity contribution is 7.47. The quantitative estimate of drug-likeness (QED) is 0.258. The summed E-state index contributed by atoms with van der Waals surface area (Å²) in [5, 5.41) is 0. The minimum atomic E-state index is -5.19. The number of phosphoric ester groups is 1. The van der Waals surface area contributed by atoms with Crippen LogP contribution in [0.25, 0.3) is 22.3 Å². The number of rotatable bonds is 3. The van der Waals surface area contributed by atoms with E-state index in [1.165, 1.54) is 10.9 Å². The van der Waals surface area contributed by atoms with Crippen LogP contribution in [0, 0.1) is 0 Å². The molecule has 4 aromatic rings. The van der Waals surface area contributed by atoms with Crippen LogP contribution >= 0.6 is 16.1 Å². The number of nitrogens with one attached hydrogen (secondary N) is 1. The van der Waals surface area contributed by atoms with Gasteiger partial charge in [-0.2, -0.15) is 0 Å². The fourth-order valence-electron chi connectivity index (χ4n) is 5.51. The number of halogens is 2. The third-order valence-corrected chi connectivity index (χ3v) is 9.49. The first-order valence-corrected chi connectivity index (χ1v) is 16.5. The van der Waals surface area contributed by atoms with Crippen molar-refractivity contribution in [3.8, 4) is 11.1 Å². The maximum atomic E-state index is 16.0. The fraction of sp³-hybridized carbons (Fsp3) is 0.400. The smallest absolute Gasteiger partial charge is 0.382 e. The van der Waals surface area contributed by atoms with Gasteiger partial charge in [-0.1, -0.05) is 30.3 Å². The number of anilines is 1. The zero-order valence-electron chi connectivity index (χ0n) is 23.6. The van der Waals surface area contributed by atoms with Gasteiger partial charge in [-0.25, -0.2) is 33.1 Å². The summed E-state index contributed by atoms with van der Waals surface area (Å²) >= 11 is 0. The molecular weight excluding hydrogens is 674 g/mol. The molecule has 0 radical (unpaired) electrons. The third kappa shape index (κ3) is 5.92. The predicted molar refractivity (Wildman–Crippen MR) is 153 cm³/mol. The molecule has 0 saturated carbocycles. The normalized spacial score (nSPS) is 34.0. The lowest BCUT2D eigenvalue weighted by Gasteiger charge is -2.22. The Kier molecular flexibility index (Phi) is 8.32. The van der Waals surface area contributed by atoms with E-state index in [4.69, 9.17) is 33.3 Å². The summed E-state index contributed by atoms with van der Waals surface area (Å²) in [5.41, 5.74) is 4.71. The van der Waals surface area contributed by atoms with Gasteiger partial charge in [0.05, 0.1) is 18.5 Å². The Hall–Kier alpha value is -3.84. The molecule has 3 aromatic heterocycles. The molecule has 0 aliphatic carbocycles. The molecule has 6 heterocycles. The van der Waals surface area contributed by atoms with Crippen LogP contribution in [0.4, 0.5) is 14.6 Å². The number of nitrogen functional groups attached to an aromatic ring is 1. The summed E-state index contributed by atoms with van der Waals surface area (Å²) in [7, 11) is -8.37. The highest BCUT2D eigenvalue weighted by Crippen LogP contribution is 2.51. The van der Waals surface area contributed by atoms with E-state index in [-0.39, 0.29) is 22.5 Å². The lowest BCUT2D eigenvalue weighted by molar-refractivity contribution is -0.0615. The molecule has 3 aliphatic heterocycles. The van der Waals surface area contributed by atoms with E-state index in [1.807, 2.05) is 0 Å². The highest BCUT2D eigenvalue weighted by atomic mass is 31.2. The molecule has 1 aromatic carbocycles. The SMILES string of the molecule is Nc1ncnc2c1ncn2[C@@H]1O[C@@H]2COP(=O)(O)O[C@H]3[C@@H](F)[C@H](n4cc(-c5ccccc5)c(=O)[nH]c4=O)O[C@@H]3CO[P+](=O)O[C@@H]1[C@@H]2F. The summed E-state index contributed by atoms with van der Waals surface area (Å²) in [5.74, 6) is 0.0202. The Morgan fingerprint density at radius 2 is 1.77 bits per heavy atom. The van der Waals surface area contributed by atoms with Gasteiger partial charge in [-0.3, -0.25) is 28.0 Å². The van der Waals surface area contributed by atoms with Gasteiger partial charge in [0.1, 0.15) is 36.8 Å². The molecule has 7 rings (SSSR count). The number of fused-ring (bicyclic) bond motifs is 4. The number of nitrogens with two attached hydrogens (primary N) is 1. The van der Waals surface area contributed by atoms with E-state index in [0.29, 0.717) is 5.56 Å². The third-order valence-electron chi connectivity index (χ3n) is 7.73. The van der Waals surface area contributed by atoms with Gasteiger partial charge in [-0.05, 0) is 5.56 Å². The molecule has 0 spiro atoms. The van der Waals surface area contributed by atoms with Crippen LogP contribution in [0.3, 0.4) is 0 Å². The van der Waals surface area contributed by atoms with Crippen molar-refractivity contribution in [2.24, 2.45) is 0 Å². The van der Waals surface area contributed by atoms with Crippen LogP contribution in [0.2, 0.25) is 0 Å². The van der Waals surface area contributed by atoms with Gasteiger partial charge in [0.25, 0.3) is 5.56 Å². The molecule has 4 N–H and O–H groups in total. The molecule has 2 unspecified atom stereocenters. The van der Waals surface area contributed by atoms with E-state index in [2.05, 4.69) is 19.9 Å². The Labute approximate surface area is 261 Å². The van der Waals surface area contributed by atoms with Crippen LogP contribution in [-0.2, 0) is 36.7 Å². The van der Waals surface area contributed by atoms with Crippen LogP contribution < -0.4 is 17.0 Å². The molecule has 248 valence electrons. The summed E-state index contributed by atoms with van der Waals surface area (Å²) in [6.45, 7) is -1.68. The second-order valence-electron chi connectivity index (χ2n) is 10.6. The van der Waals surface area contributed by atoms with Gasteiger partial charge in [0, 0.05) is 10.8 Å². The number of aromatic nitrogens is 6. The number of aromatic amines is 1. The first kappa shape index (κ1) is 31.7. The predicted octanol–water partition coefficient (Wildman–Crippen LogP) is 1.67. The molecule has 22 heteroatoms. The van der Waals surface area contributed by atoms with Crippen LogP contribution in [0.5, 0.6) is 0 Å². The number of benzene rings is 1.